The number of carbonyl (C=O) groups excluding carboxylic acids is 2. The molecular formula is C22H16ClFN4O3. The minimum absolute atomic E-state index is 0.102. The quantitative estimate of drug-likeness (QED) is 0.588. The van der Waals surface area contributed by atoms with E-state index in [1.54, 1.807) is 38.1 Å². The maximum Gasteiger partial charge on any atom is 0.326 e. The van der Waals surface area contributed by atoms with Gasteiger partial charge in [-0.15, -0.1) is 0 Å². The summed E-state index contributed by atoms with van der Waals surface area (Å²) in [5.74, 6) is -0.935. The molecule has 0 saturated carbocycles. The van der Waals surface area contributed by atoms with Gasteiger partial charge in [-0.05, 0) is 55.8 Å². The largest absolute Gasteiger partial charge is 0.438 e. The zero-order valence-corrected chi connectivity index (χ0v) is 17.2. The van der Waals surface area contributed by atoms with Crippen molar-refractivity contribution < 1.29 is 18.7 Å². The first kappa shape index (κ1) is 21.7. The Morgan fingerprint density at radius 3 is 2.58 bits per heavy atom. The number of amides is 3. The van der Waals surface area contributed by atoms with Crippen molar-refractivity contribution in [2.45, 2.75) is 13.8 Å². The molecule has 0 atom stereocenters. The van der Waals surface area contributed by atoms with Crippen molar-refractivity contribution in [2.24, 2.45) is 0 Å². The van der Waals surface area contributed by atoms with Crippen LogP contribution in [0.1, 0.15) is 27.0 Å². The van der Waals surface area contributed by atoms with Gasteiger partial charge in [-0.25, -0.2) is 14.2 Å². The van der Waals surface area contributed by atoms with Gasteiger partial charge in [-0.3, -0.25) is 10.1 Å². The molecule has 0 unspecified atom stereocenters. The molecule has 2 aromatic carbocycles. The monoisotopic (exact) mass is 438 g/mol. The molecule has 0 spiro atoms. The Hall–Kier alpha value is -3.96. The number of nitrogens with one attached hydrogen (secondary N) is 2. The molecule has 3 amide bonds. The summed E-state index contributed by atoms with van der Waals surface area (Å²) in [6, 6.07) is 11.4. The molecule has 0 radical (unpaired) electrons. The maximum atomic E-state index is 13.8. The highest BCUT2D eigenvalue weighted by molar-refractivity contribution is 6.34. The minimum Gasteiger partial charge on any atom is -0.438 e. The summed E-state index contributed by atoms with van der Waals surface area (Å²) in [5, 5.41) is 13.4. The Bertz CT molecular complexity index is 1200. The van der Waals surface area contributed by atoms with Gasteiger partial charge in [-0.1, -0.05) is 17.7 Å². The topological polar surface area (TPSA) is 104 Å². The van der Waals surface area contributed by atoms with Gasteiger partial charge in [0.25, 0.3) is 5.91 Å². The molecular weight excluding hydrogens is 423 g/mol. The van der Waals surface area contributed by atoms with Gasteiger partial charge in [0.15, 0.2) is 0 Å². The highest BCUT2D eigenvalue weighted by Crippen LogP contribution is 2.28. The van der Waals surface area contributed by atoms with Crippen molar-refractivity contribution in [3.8, 4) is 17.7 Å². The minimum atomic E-state index is -0.959. The molecule has 156 valence electrons. The van der Waals surface area contributed by atoms with E-state index in [1.165, 1.54) is 18.3 Å². The molecule has 9 heteroatoms. The van der Waals surface area contributed by atoms with Crippen LogP contribution in [0.5, 0.6) is 11.6 Å². The lowest BCUT2D eigenvalue weighted by molar-refractivity contribution is 0.0963. The van der Waals surface area contributed by atoms with E-state index in [-0.39, 0.29) is 5.02 Å². The first-order valence-corrected chi connectivity index (χ1v) is 9.38. The fourth-order valence-electron chi connectivity index (χ4n) is 2.72. The second-order valence-corrected chi connectivity index (χ2v) is 6.95. The smallest absolute Gasteiger partial charge is 0.326 e. The van der Waals surface area contributed by atoms with Gasteiger partial charge < -0.3 is 10.1 Å². The standard InChI is InChI=1S/C22H16ClFN4O3/c1-12-9-15(6-7-18(12)31-21-13(2)8-14(10-25)11-26-21)27-22(30)28-20(29)19-16(23)4-3-5-17(19)24/h3-9,11H,1-2H3,(H2,27,28,29,30). The zero-order chi connectivity index (χ0) is 22.5. The van der Waals surface area contributed by atoms with Crippen LogP contribution in [0, 0.1) is 31.0 Å². The van der Waals surface area contributed by atoms with E-state index in [4.69, 9.17) is 21.6 Å². The SMILES string of the molecule is Cc1cc(NC(=O)NC(=O)c2c(F)cccc2Cl)ccc1Oc1ncc(C#N)cc1C. The van der Waals surface area contributed by atoms with E-state index in [1.807, 2.05) is 11.4 Å². The fraction of sp³-hybridized carbons (Fsp3) is 0.0909. The predicted molar refractivity (Wildman–Crippen MR) is 113 cm³/mol. The summed E-state index contributed by atoms with van der Waals surface area (Å²) in [6.45, 7) is 3.54. The Balaban J connectivity index is 1.68. The molecule has 0 aliphatic rings. The Labute approximate surface area is 182 Å². The van der Waals surface area contributed by atoms with Crippen molar-refractivity contribution in [1.29, 1.82) is 5.26 Å². The van der Waals surface area contributed by atoms with Crippen LogP contribution in [0.4, 0.5) is 14.9 Å². The fourth-order valence-corrected chi connectivity index (χ4v) is 2.97. The first-order chi connectivity index (χ1) is 14.8. The summed E-state index contributed by atoms with van der Waals surface area (Å²) in [4.78, 5) is 28.4. The van der Waals surface area contributed by atoms with Gasteiger partial charge in [0, 0.05) is 17.4 Å². The molecule has 0 saturated heterocycles. The number of hydrogen-bond acceptors (Lipinski definition) is 5. The molecule has 2 N–H and O–H groups in total. The molecule has 31 heavy (non-hydrogen) atoms. The number of benzene rings is 2. The number of hydrogen-bond donors (Lipinski definition) is 2. The third-order valence-corrected chi connectivity index (χ3v) is 4.53. The molecule has 1 heterocycles. The number of aromatic nitrogens is 1. The lowest BCUT2D eigenvalue weighted by Gasteiger charge is -2.12. The summed E-state index contributed by atoms with van der Waals surface area (Å²) in [6.07, 6.45) is 1.41. The van der Waals surface area contributed by atoms with Crippen molar-refractivity contribution >= 4 is 29.2 Å². The molecule has 1 aromatic heterocycles. The Kier molecular flexibility index (Phi) is 6.48. The van der Waals surface area contributed by atoms with Crippen molar-refractivity contribution in [2.75, 3.05) is 5.32 Å². The number of aryl methyl sites for hydroxylation is 2. The zero-order valence-electron chi connectivity index (χ0n) is 16.5. The molecule has 3 aromatic rings. The number of ether oxygens (including phenoxy) is 1. The van der Waals surface area contributed by atoms with Crippen LogP contribution in [0.25, 0.3) is 0 Å². The third kappa shape index (κ3) is 5.15. The number of halogens is 2. The average molecular weight is 439 g/mol. The van der Waals surface area contributed by atoms with Crippen LogP contribution >= 0.6 is 11.6 Å². The Morgan fingerprint density at radius 2 is 1.94 bits per heavy atom. The van der Waals surface area contributed by atoms with Gasteiger partial charge in [0.05, 0.1) is 16.1 Å². The van der Waals surface area contributed by atoms with E-state index >= 15 is 0 Å². The third-order valence-electron chi connectivity index (χ3n) is 4.22. The molecule has 0 fully saturated rings. The van der Waals surface area contributed by atoms with Crippen LogP contribution in [-0.2, 0) is 0 Å². The van der Waals surface area contributed by atoms with Gasteiger partial charge in [0.1, 0.15) is 17.6 Å². The molecule has 0 aliphatic heterocycles. The Morgan fingerprint density at radius 1 is 1.16 bits per heavy atom. The van der Waals surface area contributed by atoms with Crippen LogP contribution < -0.4 is 15.4 Å². The number of pyridine rings is 1. The van der Waals surface area contributed by atoms with Crippen molar-refractivity contribution in [3.05, 3.63) is 81.8 Å². The first-order valence-electron chi connectivity index (χ1n) is 9.00. The van der Waals surface area contributed by atoms with Crippen LogP contribution in [-0.4, -0.2) is 16.9 Å². The van der Waals surface area contributed by atoms with Gasteiger partial charge in [0.2, 0.25) is 5.88 Å². The summed E-state index contributed by atoms with van der Waals surface area (Å²) >= 11 is 5.83. The normalized spacial score (nSPS) is 10.2. The lowest BCUT2D eigenvalue weighted by Crippen LogP contribution is -2.35. The van der Waals surface area contributed by atoms with E-state index in [0.29, 0.717) is 34.0 Å². The highest BCUT2D eigenvalue weighted by Gasteiger charge is 2.18. The number of imide groups is 1. The average Bonchev–Trinajstić information content (AvgIpc) is 2.71. The van der Waals surface area contributed by atoms with Crippen LogP contribution in [0.3, 0.4) is 0 Å². The second-order valence-electron chi connectivity index (χ2n) is 6.55. The van der Waals surface area contributed by atoms with Gasteiger partial charge >= 0.3 is 6.03 Å². The van der Waals surface area contributed by atoms with Gasteiger partial charge in [-0.2, -0.15) is 5.26 Å². The van der Waals surface area contributed by atoms with E-state index < -0.39 is 23.3 Å². The van der Waals surface area contributed by atoms with Crippen molar-refractivity contribution in [3.63, 3.8) is 0 Å². The number of carbonyl (C=O) groups is 2. The van der Waals surface area contributed by atoms with Crippen LogP contribution in [0.2, 0.25) is 5.02 Å². The summed E-state index contributed by atoms with van der Waals surface area (Å²) < 4.78 is 19.6. The lowest BCUT2D eigenvalue weighted by atomic mass is 10.2. The van der Waals surface area contributed by atoms with E-state index in [0.717, 1.165) is 6.07 Å². The predicted octanol–water partition coefficient (Wildman–Crippen LogP) is 5.12. The summed E-state index contributed by atoms with van der Waals surface area (Å²) in [7, 11) is 0. The maximum absolute atomic E-state index is 13.8. The molecule has 3 rings (SSSR count). The second kappa shape index (κ2) is 9.24. The number of anilines is 1. The number of nitriles is 1. The number of urea groups is 1. The summed E-state index contributed by atoms with van der Waals surface area (Å²) in [5.41, 5.74) is 1.79. The van der Waals surface area contributed by atoms with Crippen LogP contribution in [0.15, 0.2) is 48.7 Å². The molecule has 0 aliphatic carbocycles. The highest BCUT2D eigenvalue weighted by atomic mass is 35.5. The van der Waals surface area contributed by atoms with E-state index in [9.17, 15) is 14.0 Å². The molecule has 0 bridgehead atoms. The number of nitrogens with zero attached hydrogens (tertiary/aromatic N) is 2. The van der Waals surface area contributed by atoms with E-state index in [2.05, 4.69) is 10.3 Å². The molecule has 7 nitrogen and oxygen atoms in total. The van der Waals surface area contributed by atoms with Crippen molar-refractivity contribution in [1.82, 2.24) is 10.3 Å². The number of rotatable bonds is 4.